The molecule has 3 N–H and O–H groups in total. The molecule has 2 heterocycles. The topological polar surface area (TPSA) is 97.0 Å². The van der Waals surface area contributed by atoms with Crippen molar-refractivity contribution < 1.29 is 4.79 Å². The first-order chi connectivity index (χ1) is 12.1. The number of fused-ring (bicyclic) bond motifs is 1. The average molecular weight is 361 g/mol. The molecule has 0 aliphatic heterocycles. The van der Waals surface area contributed by atoms with Crippen molar-refractivity contribution in [2.24, 2.45) is 18.7 Å². The van der Waals surface area contributed by atoms with Gasteiger partial charge in [-0.15, -0.1) is 0 Å². The van der Waals surface area contributed by atoms with E-state index in [4.69, 9.17) is 5.73 Å². The standard InChI is InChI=1S/C19H31N5O2/c1-11(2)15(20)9-10-23(5)16(25)8-7-14-12(3)17-18(21-13(14)4)24(6)22-19(17)26/h11,15H,7-10,20H2,1-6H3,(H,22,26). The zero-order valence-corrected chi connectivity index (χ0v) is 16.7. The molecule has 7 heteroatoms. The van der Waals surface area contributed by atoms with Gasteiger partial charge >= 0.3 is 0 Å². The molecule has 7 nitrogen and oxygen atoms in total. The van der Waals surface area contributed by atoms with Crippen molar-refractivity contribution in [1.82, 2.24) is 19.7 Å². The van der Waals surface area contributed by atoms with Crippen molar-refractivity contribution >= 4 is 16.9 Å². The summed E-state index contributed by atoms with van der Waals surface area (Å²) in [4.78, 5) is 30.9. The first kappa shape index (κ1) is 20.2. The monoisotopic (exact) mass is 361 g/mol. The van der Waals surface area contributed by atoms with E-state index in [1.54, 1.807) is 16.6 Å². The Bertz CT molecular complexity index is 850. The van der Waals surface area contributed by atoms with Crippen LogP contribution >= 0.6 is 0 Å². The van der Waals surface area contributed by atoms with Crippen LogP contribution in [-0.2, 0) is 18.3 Å². The van der Waals surface area contributed by atoms with Crippen LogP contribution in [0.1, 0.15) is 43.5 Å². The molecule has 2 rings (SSSR count). The molecule has 0 fully saturated rings. The highest BCUT2D eigenvalue weighted by molar-refractivity contribution is 5.81. The lowest BCUT2D eigenvalue weighted by Gasteiger charge is -2.22. The minimum atomic E-state index is -0.139. The highest BCUT2D eigenvalue weighted by atomic mass is 16.2. The number of nitrogens with one attached hydrogen (secondary N) is 1. The molecule has 2 aromatic rings. The maximum absolute atomic E-state index is 12.4. The van der Waals surface area contributed by atoms with Gasteiger partial charge in [-0.1, -0.05) is 13.8 Å². The number of H-pyrrole nitrogens is 1. The molecule has 0 aromatic carbocycles. The second-order valence-corrected chi connectivity index (χ2v) is 7.51. The number of aromatic nitrogens is 3. The van der Waals surface area contributed by atoms with Gasteiger partial charge in [-0.25, -0.2) is 4.98 Å². The van der Waals surface area contributed by atoms with Crippen molar-refractivity contribution in [3.8, 4) is 0 Å². The van der Waals surface area contributed by atoms with Crippen LogP contribution in [0.4, 0.5) is 0 Å². The molecule has 144 valence electrons. The van der Waals surface area contributed by atoms with Gasteiger partial charge in [0.05, 0.1) is 5.39 Å². The van der Waals surface area contributed by atoms with E-state index < -0.39 is 0 Å². The highest BCUT2D eigenvalue weighted by Gasteiger charge is 2.17. The highest BCUT2D eigenvalue weighted by Crippen LogP contribution is 2.21. The second-order valence-electron chi connectivity index (χ2n) is 7.51. The van der Waals surface area contributed by atoms with Gasteiger partial charge < -0.3 is 10.6 Å². The van der Waals surface area contributed by atoms with E-state index in [-0.39, 0.29) is 17.5 Å². The van der Waals surface area contributed by atoms with Gasteiger partial charge in [-0.2, -0.15) is 0 Å². The number of carbonyl (C=O) groups is 1. The van der Waals surface area contributed by atoms with Crippen molar-refractivity contribution in [2.75, 3.05) is 13.6 Å². The molecule has 0 saturated heterocycles. The number of rotatable bonds is 7. The summed E-state index contributed by atoms with van der Waals surface area (Å²) in [5.74, 6) is 0.493. The first-order valence-corrected chi connectivity index (χ1v) is 9.17. The Balaban J connectivity index is 2.08. The molecule has 1 unspecified atom stereocenters. The summed E-state index contributed by atoms with van der Waals surface area (Å²) < 4.78 is 1.64. The molecule has 0 saturated carbocycles. The molecule has 0 spiro atoms. The fourth-order valence-electron chi connectivity index (χ4n) is 3.24. The van der Waals surface area contributed by atoms with E-state index in [1.165, 1.54) is 0 Å². The molecule has 1 atom stereocenters. The predicted molar refractivity (Wildman–Crippen MR) is 104 cm³/mol. The maximum Gasteiger partial charge on any atom is 0.273 e. The van der Waals surface area contributed by atoms with Gasteiger partial charge in [0, 0.05) is 38.8 Å². The number of nitrogens with zero attached hydrogens (tertiary/aromatic N) is 3. The number of hydrogen-bond acceptors (Lipinski definition) is 4. The largest absolute Gasteiger partial charge is 0.346 e. The Morgan fingerprint density at radius 3 is 2.62 bits per heavy atom. The minimum Gasteiger partial charge on any atom is -0.346 e. The van der Waals surface area contributed by atoms with Gasteiger partial charge in [0.25, 0.3) is 5.56 Å². The fraction of sp³-hybridized carbons (Fsp3) is 0.632. The van der Waals surface area contributed by atoms with E-state index >= 15 is 0 Å². The van der Waals surface area contributed by atoms with Gasteiger partial charge in [0.1, 0.15) is 0 Å². The summed E-state index contributed by atoms with van der Waals surface area (Å²) >= 11 is 0. The van der Waals surface area contributed by atoms with E-state index in [2.05, 4.69) is 23.9 Å². The fourth-order valence-corrected chi connectivity index (χ4v) is 3.24. The number of aryl methyl sites for hydroxylation is 3. The molecule has 0 bridgehead atoms. The van der Waals surface area contributed by atoms with Crippen LogP contribution in [0, 0.1) is 19.8 Å². The number of aromatic amines is 1. The van der Waals surface area contributed by atoms with Crippen molar-refractivity contribution in [3.63, 3.8) is 0 Å². The third kappa shape index (κ3) is 4.15. The molecule has 26 heavy (non-hydrogen) atoms. The zero-order chi connectivity index (χ0) is 19.6. The SMILES string of the molecule is Cc1nc2c(c(C)c1CCC(=O)N(C)CCC(N)C(C)C)c(=O)[nH]n2C. The van der Waals surface area contributed by atoms with Crippen LogP contribution < -0.4 is 11.3 Å². The van der Waals surface area contributed by atoms with Gasteiger partial charge in [-0.3, -0.25) is 19.4 Å². The van der Waals surface area contributed by atoms with Crippen molar-refractivity contribution in [2.45, 2.75) is 53.0 Å². The van der Waals surface area contributed by atoms with Crippen molar-refractivity contribution in [3.05, 3.63) is 27.2 Å². The Hall–Kier alpha value is -2.15. The van der Waals surface area contributed by atoms with E-state index in [1.807, 2.05) is 20.9 Å². The van der Waals surface area contributed by atoms with Crippen LogP contribution in [0.3, 0.4) is 0 Å². The smallest absolute Gasteiger partial charge is 0.273 e. The molecular formula is C19H31N5O2. The molecule has 0 aliphatic carbocycles. The van der Waals surface area contributed by atoms with Crippen LogP contribution in [0.5, 0.6) is 0 Å². The number of carbonyl (C=O) groups excluding carboxylic acids is 1. The Labute approximate surface area is 154 Å². The third-order valence-electron chi connectivity index (χ3n) is 5.24. The van der Waals surface area contributed by atoms with Gasteiger partial charge in [0.15, 0.2) is 5.65 Å². The van der Waals surface area contributed by atoms with E-state index in [9.17, 15) is 9.59 Å². The van der Waals surface area contributed by atoms with Crippen molar-refractivity contribution in [1.29, 1.82) is 0 Å². The summed E-state index contributed by atoms with van der Waals surface area (Å²) in [6.07, 6.45) is 1.77. The lowest BCUT2D eigenvalue weighted by molar-refractivity contribution is -0.129. The number of nitrogens with two attached hydrogens (primary N) is 1. The Morgan fingerprint density at radius 1 is 1.35 bits per heavy atom. The summed E-state index contributed by atoms with van der Waals surface area (Å²) in [6, 6.07) is 0.103. The summed E-state index contributed by atoms with van der Waals surface area (Å²) in [5.41, 5.74) is 9.32. The van der Waals surface area contributed by atoms with Crippen LogP contribution in [0.2, 0.25) is 0 Å². The molecule has 2 aromatic heterocycles. The Morgan fingerprint density at radius 2 is 2.00 bits per heavy atom. The predicted octanol–water partition coefficient (Wildman–Crippen LogP) is 1.64. The lowest BCUT2D eigenvalue weighted by Crippen LogP contribution is -2.34. The van der Waals surface area contributed by atoms with Crippen LogP contribution in [-0.4, -0.2) is 45.2 Å². The van der Waals surface area contributed by atoms with E-state index in [0.717, 1.165) is 23.2 Å². The Kier molecular flexibility index (Phi) is 6.23. The maximum atomic E-state index is 12.4. The van der Waals surface area contributed by atoms with Gasteiger partial charge in [0.2, 0.25) is 5.91 Å². The number of amides is 1. The van der Waals surface area contributed by atoms with Crippen LogP contribution in [0.25, 0.3) is 11.0 Å². The molecule has 0 aliphatic rings. The molecular weight excluding hydrogens is 330 g/mol. The zero-order valence-electron chi connectivity index (χ0n) is 16.7. The number of hydrogen-bond donors (Lipinski definition) is 2. The summed E-state index contributed by atoms with van der Waals surface area (Å²) in [6.45, 7) is 8.69. The molecule has 0 radical (unpaired) electrons. The first-order valence-electron chi connectivity index (χ1n) is 9.17. The quantitative estimate of drug-likeness (QED) is 0.783. The molecule has 1 amide bonds. The normalized spacial score (nSPS) is 12.8. The summed E-state index contributed by atoms with van der Waals surface area (Å²) in [7, 11) is 3.59. The second kappa shape index (κ2) is 8.03. The minimum absolute atomic E-state index is 0.0850. The van der Waals surface area contributed by atoms with E-state index in [0.29, 0.717) is 36.3 Å². The lowest BCUT2D eigenvalue weighted by atomic mass is 9.99. The summed E-state index contributed by atoms with van der Waals surface area (Å²) in [5, 5.41) is 3.35. The van der Waals surface area contributed by atoms with Gasteiger partial charge in [-0.05, 0) is 43.7 Å². The number of pyridine rings is 1. The van der Waals surface area contributed by atoms with Crippen LogP contribution in [0.15, 0.2) is 4.79 Å². The average Bonchev–Trinajstić information content (AvgIpc) is 2.85. The third-order valence-corrected chi connectivity index (χ3v) is 5.24.